The summed E-state index contributed by atoms with van der Waals surface area (Å²) in [4.78, 5) is 26.6. The zero-order valence-corrected chi connectivity index (χ0v) is 20.2. The van der Waals surface area contributed by atoms with Crippen LogP contribution in [0.25, 0.3) is 6.08 Å². The number of hydrogen-bond donors (Lipinski definition) is 0. The molecule has 1 saturated heterocycles. The summed E-state index contributed by atoms with van der Waals surface area (Å²) in [7, 11) is 1.49. The van der Waals surface area contributed by atoms with Crippen LogP contribution in [0.4, 0.5) is 9.18 Å². The van der Waals surface area contributed by atoms with E-state index in [1.165, 1.54) is 31.4 Å². The lowest BCUT2D eigenvalue weighted by molar-refractivity contribution is -0.123. The molecule has 0 spiro atoms. The van der Waals surface area contributed by atoms with Gasteiger partial charge in [0.1, 0.15) is 12.4 Å². The van der Waals surface area contributed by atoms with Gasteiger partial charge in [0.15, 0.2) is 11.5 Å². The minimum Gasteiger partial charge on any atom is -0.493 e. The number of imide groups is 1. The molecule has 0 N–H and O–H groups in total. The lowest BCUT2D eigenvalue weighted by atomic mass is 10.1. The second-order valence-corrected chi connectivity index (χ2v) is 9.18. The quantitative estimate of drug-likeness (QED) is 0.317. The lowest BCUT2D eigenvalue weighted by Crippen LogP contribution is -2.27. The highest BCUT2D eigenvalue weighted by Crippen LogP contribution is 2.39. The lowest BCUT2D eigenvalue weighted by Gasteiger charge is -2.14. The molecule has 0 unspecified atom stereocenters. The number of thioether (sulfide) groups is 1. The summed E-state index contributed by atoms with van der Waals surface area (Å²) in [5.41, 5.74) is 2.13. The molecule has 0 saturated carbocycles. The van der Waals surface area contributed by atoms with Gasteiger partial charge in [0, 0.05) is 5.02 Å². The Bertz CT molecular complexity index is 1260. The normalized spacial score (nSPS) is 14.7. The highest BCUT2D eigenvalue weighted by atomic mass is 35.5. The Balaban J connectivity index is 1.52. The molecule has 2 amide bonds. The van der Waals surface area contributed by atoms with Crippen molar-refractivity contribution in [1.82, 2.24) is 4.90 Å². The number of benzene rings is 3. The van der Waals surface area contributed by atoms with Gasteiger partial charge in [-0.2, -0.15) is 0 Å². The molecule has 0 radical (unpaired) electrons. The molecular formula is C25H18Cl2FNO4S. The second-order valence-electron chi connectivity index (χ2n) is 7.34. The molecular weight excluding hydrogens is 500 g/mol. The summed E-state index contributed by atoms with van der Waals surface area (Å²) in [6.07, 6.45) is 1.58. The maximum Gasteiger partial charge on any atom is 0.293 e. The van der Waals surface area contributed by atoms with E-state index in [0.29, 0.717) is 32.7 Å². The Labute approximate surface area is 210 Å². The first-order valence-corrected chi connectivity index (χ1v) is 11.7. The van der Waals surface area contributed by atoms with E-state index in [2.05, 4.69) is 0 Å². The molecule has 34 heavy (non-hydrogen) atoms. The molecule has 1 aliphatic heterocycles. The molecule has 0 bridgehead atoms. The van der Waals surface area contributed by atoms with Crippen LogP contribution in [0.5, 0.6) is 11.5 Å². The van der Waals surface area contributed by atoms with Crippen LogP contribution in [0, 0.1) is 5.82 Å². The number of amides is 2. The highest BCUT2D eigenvalue weighted by molar-refractivity contribution is 8.18. The van der Waals surface area contributed by atoms with Gasteiger partial charge < -0.3 is 9.47 Å². The predicted molar refractivity (Wildman–Crippen MR) is 132 cm³/mol. The van der Waals surface area contributed by atoms with Gasteiger partial charge in [0.05, 0.1) is 23.6 Å². The monoisotopic (exact) mass is 517 g/mol. The number of nitrogens with zero attached hydrogens (tertiary/aromatic N) is 1. The minimum atomic E-state index is -0.433. The van der Waals surface area contributed by atoms with Crippen LogP contribution in [-0.2, 0) is 17.9 Å². The number of carbonyl (C=O) groups is 2. The third kappa shape index (κ3) is 5.55. The fourth-order valence-corrected chi connectivity index (χ4v) is 4.50. The van der Waals surface area contributed by atoms with Crippen molar-refractivity contribution >= 4 is 52.2 Å². The molecule has 3 aromatic carbocycles. The average Bonchev–Trinajstić information content (AvgIpc) is 3.07. The Morgan fingerprint density at radius 3 is 2.35 bits per heavy atom. The van der Waals surface area contributed by atoms with Gasteiger partial charge in [-0.3, -0.25) is 14.5 Å². The van der Waals surface area contributed by atoms with Gasteiger partial charge in [-0.15, -0.1) is 0 Å². The van der Waals surface area contributed by atoms with Crippen molar-refractivity contribution in [2.75, 3.05) is 7.11 Å². The molecule has 1 fully saturated rings. The average molecular weight is 518 g/mol. The first-order valence-electron chi connectivity index (χ1n) is 10.1. The van der Waals surface area contributed by atoms with E-state index in [-0.39, 0.29) is 23.9 Å². The molecule has 0 aromatic heterocycles. The number of rotatable bonds is 7. The summed E-state index contributed by atoms with van der Waals surface area (Å²) in [5.74, 6) is -0.0689. The number of ether oxygens (including phenoxy) is 2. The highest BCUT2D eigenvalue weighted by Gasteiger charge is 2.35. The van der Waals surface area contributed by atoms with Crippen molar-refractivity contribution in [3.8, 4) is 11.5 Å². The zero-order valence-electron chi connectivity index (χ0n) is 17.9. The van der Waals surface area contributed by atoms with Gasteiger partial charge >= 0.3 is 0 Å². The van der Waals surface area contributed by atoms with Crippen LogP contribution in [-0.4, -0.2) is 23.2 Å². The summed E-state index contributed by atoms with van der Waals surface area (Å²) >= 11 is 13.2. The Morgan fingerprint density at radius 2 is 1.68 bits per heavy atom. The molecule has 5 nitrogen and oxygen atoms in total. The minimum absolute atomic E-state index is 0.0594. The van der Waals surface area contributed by atoms with Gasteiger partial charge in [-0.1, -0.05) is 47.5 Å². The molecule has 3 aromatic rings. The molecule has 9 heteroatoms. The van der Waals surface area contributed by atoms with E-state index in [9.17, 15) is 14.0 Å². The van der Waals surface area contributed by atoms with Crippen molar-refractivity contribution in [1.29, 1.82) is 0 Å². The Hall–Kier alpha value is -3.00. The summed E-state index contributed by atoms with van der Waals surface area (Å²) < 4.78 is 24.4. The standard InChI is InChI=1S/C25H18Cl2FNO4S/c1-32-21-11-17(10-20(27)23(21)33-14-16-2-6-18(26)7-3-16)12-22-24(30)29(25(31)34-22)13-15-4-8-19(28)9-5-15/h2-12H,13-14H2,1H3/b22-12-. The van der Waals surface area contributed by atoms with Crippen molar-refractivity contribution in [2.45, 2.75) is 13.2 Å². The van der Waals surface area contributed by atoms with E-state index in [1.807, 2.05) is 12.1 Å². The van der Waals surface area contributed by atoms with Crippen LogP contribution in [0.2, 0.25) is 10.0 Å². The van der Waals surface area contributed by atoms with Gasteiger partial charge in [-0.25, -0.2) is 4.39 Å². The van der Waals surface area contributed by atoms with Crippen molar-refractivity contribution in [3.05, 3.63) is 98.1 Å². The Kier molecular flexibility index (Phi) is 7.46. The molecule has 0 atom stereocenters. The first-order chi connectivity index (χ1) is 16.3. The number of methoxy groups -OCH3 is 1. The maximum atomic E-state index is 13.1. The van der Waals surface area contributed by atoms with E-state index in [4.69, 9.17) is 32.7 Å². The molecule has 4 rings (SSSR count). The van der Waals surface area contributed by atoms with Crippen LogP contribution in [0.1, 0.15) is 16.7 Å². The van der Waals surface area contributed by atoms with Crippen molar-refractivity contribution < 1.29 is 23.5 Å². The van der Waals surface area contributed by atoms with Crippen LogP contribution >= 0.6 is 35.0 Å². The molecule has 1 heterocycles. The largest absolute Gasteiger partial charge is 0.493 e. The SMILES string of the molecule is COc1cc(/C=C2\SC(=O)N(Cc3ccc(F)cc3)C2=O)cc(Cl)c1OCc1ccc(Cl)cc1. The molecule has 174 valence electrons. The number of hydrogen-bond acceptors (Lipinski definition) is 5. The first kappa shape index (κ1) is 24.1. The molecule has 1 aliphatic rings. The van der Waals surface area contributed by atoms with Crippen molar-refractivity contribution in [2.24, 2.45) is 0 Å². The second kappa shape index (κ2) is 10.5. The number of halogens is 3. The van der Waals surface area contributed by atoms with Gasteiger partial charge in [-0.05, 0) is 70.9 Å². The van der Waals surface area contributed by atoms with E-state index >= 15 is 0 Å². The summed E-state index contributed by atoms with van der Waals surface area (Å²) in [6.45, 7) is 0.318. The zero-order chi connectivity index (χ0) is 24.2. The van der Waals surface area contributed by atoms with Gasteiger partial charge in [0.25, 0.3) is 11.1 Å². The Morgan fingerprint density at radius 1 is 1.00 bits per heavy atom. The predicted octanol–water partition coefficient (Wildman–Crippen LogP) is 6.96. The fourth-order valence-electron chi connectivity index (χ4n) is 3.26. The third-order valence-electron chi connectivity index (χ3n) is 4.97. The van der Waals surface area contributed by atoms with Crippen LogP contribution < -0.4 is 9.47 Å². The van der Waals surface area contributed by atoms with Crippen LogP contribution in [0.3, 0.4) is 0 Å². The fraction of sp³-hybridized carbons (Fsp3) is 0.120. The molecule has 0 aliphatic carbocycles. The summed E-state index contributed by atoms with van der Waals surface area (Å²) in [6, 6.07) is 16.2. The van der Waals surface area contributed by atoms with E-state index < -0.39 is 11.1 Å². The summed E-state index contributed by atoms with van der Waals surface area (Å²) in [5, 5.41) is 0.525. The van der Waals surface area contributed by atoms with Gasteiger partial charge in [0.2, 0.25) is 0 Å². The smallest absolute Gasteiger partial charge is 0.293 e. The third-order valence-corrected chi connectivity index (χ3v) is 6.41. The number of carbonyl (C=O) groups excluding carboxylic acids is 2. The van der Waals surface area contributed by atoms with E-state index in [0.717, 1.165) is 22.2 Å². The maximum absolute atomic E-state index is 13.1. The van der Waals surface area contributed by atoms with Crippen LogP contribution in [0.15, 0.2) is 65.6 Å². The van der Waals surface area contributed by atoms with E-state index in [1.54, 1.807) is 30.3 Å². The van der Waals surface area contributed by atoms with Crippen molar-refractivity contribution in [3.63, 3.8) is 0 Å². The topological polar surface area (TPSA) is 55.8 Å².